The number of carbonyl (C=O) groups excluding carboxylic acids is 1. The largest absolute Gasteiger partial charge is 0.331 e. The fourth-order valence-electron chi connectivity index (χ4n) is 1.48. The zero-order valence-corrected chi connectivity index (χ0v) is 12.4. The van der Waals surface area contributed by atoms with E-state index < -0.39 is 5.91 Å². The number of thiocarbonyl (C=S) groups is 1. The smallest absolute Gasteiger partial charge is 0.291 e. The minimum Gasteiger partial charge on any atom is -0.331 e. The monoisotopic (exact) mass is 327 g/mol. The van der Waals surface area contributed by atoms with Crippen LogP contribution >= 0.6 is 23.8 Å². The predicted molar refractivity (Wildman–Crippen MR) is 81.4 cm³/mol. The van der Waals surface area contributed by atoms with Crippen LogP contribution in [0.3, 0.4) is 0 Å². The number of nitrogens with one attached hydrogen (secondary N) is 3. The van der Waals surface area contributed by atoms with Gasteiger partial charge in [0.15, 0.2) is 10.8 Å². The maximum Gasteiger partial charge on any atom is 0.291 e. The lowest BCUT2D eigenvalue weighted by Gasteiger charge is -2.10. The Kier molecular flexibility index (Phi) is 4.71. The summed E-state index contributed by atoms with van der Waals surface area (Å²) in [6.07, 6.45) is 1.51. The fraction of sp³-hybridized carbons (Fsp3) is 0.0833. The Balaban J connectivity index is 1.88. The summed E-state index contributed by atoms with van der Waals surface area (Å²) in [5.74, 6) is -0.874. The number of anilines is 1. The van der Waals surface area contributed by atoms with Crippen LogP contribution in [-0.2, 0) is 7.05 Å². The van der Waals surface area contributed by atoms with Crippen LogP contribution < -0.4 is 16.2 Å². The average molecular weight is 328 g/mol. The summed E-state index contributed by atoms with van der Waals surface area (Å²) < 4.78 is 14.2. The van der Waals surface area contributed by atoms with Crippen molar-refractivity contribution in [2.75, 3.05) is 5.32 Å². The lowest BCUT2D eigenvalue weighted by atomic mass is 10.3. The number of rotatable bonds is 2. The Bertz CT molecular complexity index is 673. The van der Waals surface area contributed by atoms with Crippen molar-refractivity contribution >= 4 is 40.5 Å². The van der Waals surface area contributed by atoms with E-state index in [-0.39, 0.29) is 21.6 Å². The van der Waals surface area contributed by atoms with Gasteiger partial charge >= 0.3 is 0 Å². The van der Waals surface area contributed by atoms with Gasteiger partial charge < -0.3 is 5.32 Å². The van der Waals surface area contributed by atoms with Crippen LogP contribution in [0.4, 0.5) is 10.1 Å². The van der Waals surface area contributed by atoms with E-state index in [1.165, 1.54) is 35.1 Å². The molecule has 0 spiro atoms. The molecule has 0 unspecified atom stereocenters. The molecule has 0 saturated heterocycles. The molecular weight excluding hydrogens is 317 g/mol. The highest BCUT2D eigenvalue weighted by molar-refractivity contribution is 7.80. The van der Waals surface area contributed by atoms with Crippen LogP contribution in [-0.4, -0.2) is 20.8 Å². The number of benzene rings is 1. The predicted octanol–water partition coefficient (Wildman–Crippen LogP) is 1.84. The second-order valence-electron chi connectivity index (χ2n) is 4.04. The summed E-state index contributed by atoms with van der Waals surface area (Å²) in [5.41, 5.74) is 5.52. The van der Waals surface area contributed by atoms with Gasteiger partial charge in [-0.3, -0.25) is 20.3 Å². The van der Waals surface area contributed by atoms with Gasteiger partial charge in [-0.2, -0.15) is 5.10 Å². The fourth-order valence-corrected chi connectivity index (χ4v) is 1.92. The van der Waals surface area contributed by atoms with Crippen LogP contribution in [0.2, 0.25) is 5.02 Å². The molecule has 0 aliphatic carbocycles. The highest BCUT2D eigenvalue weighted by atomic mass is 35.5. The van der Waals surface area contributed by atoms with Crippen LogP contribution in [0.25, 0.3) is 0 Å². The molecule has 2 rings (SSSR count). The maximum absolute atomic E-state index is 12.8. The lowest BCUT2D eigenvalue weighted by Crippen LogP contribution is -2.44. The first-order chi connectivity index (χ1) is 9.95. The van der Waals surface area contributed by atoms with E-state index >= 15 is 0 Å². The van der Waals surface area contributed by atoms with Crippen LogP contribution in [0.15, 0.2) is 30.5 Å². The van der Waals surface area contributed by atoms with Crippen molar-refractivity contribution in [3.05, 3.63) is 47.0 Å². The third-order valence-corrected chi connectivity index (χ3v) is 2.87. The first kappa shape index (κ1) is 15.2. The van der Waals surface area contributed by atoms with Crippen LogP contribution in [0.1, 0.15) is 10.5 Å². The summed E-state index contributed by atoms with van der Waals surface area (Å²) in [6, 6.07) is 5.61. The van der Waals surface area contributed by atoms with Crippen LogP contribution in [0, 0.1) is 5.82 Å². The minimum absolute atomic E-state index is 0.0799. The molecule has 1 aromatic carbocycles. The Labute approximate surface area is 130 Å². The second-order valence-corrected chi connectivity index (χ2v) is 4.85. The van der Waals surface area contributed by atoms with E-state index in [2.05, 4.69) is 21.3 Å². The van der Waals surface area contributed by atoms with Crippen molar-refractivity contribution in [1.82, 2.24) is 20.6 Å². The van der Waals surface area contributed by atoms with E-state index in [1.807, 2.05) is 0 Å². The van der Waals surface area contributed by atoms with Crippen molar-refractivity contribution in [3.8, 4) is 0 Å². The zero-order valence-electron chi connectivity index (χ0n) is 10.9. The van der Waals surface area contributed by atoms with Gasteiger partial charge in [0.1, 0.15) is 5.82 Å². The van der Waals surface area contributed by atoms with E-state index in [0.717, 1.165) is 0 Å². The number of hydrogen-bond donors (Lipinski definition) is 3. The Morgan fingerprint density at radius 2 is 2.00 bits per heavy atom. The lowest BCUT2D eigenvalue weighted by molar-refractivity contribution is 0.0938. The molecule has 6 nitrogen and oxygen atoms in total. The number of aryl methyl sites for hydroxylation is 1. The van der Waals surface area contributed by atoms with Crippen molar-refractivity contribution in [3.63, 3.8) is 0 Å². The molecule has 0 radical (unpaired) electrons. The molecular formula is C12H11ClFN5OS. The third kappa shape index (κ3) is 4.14. The highest BCUT2D eigenvalue weighted by Crippen LogP contribution is 2.12. The molecule has 0 aliphatic rings. The molecule has 1 aromatic heterocycles. The molecule has 1 heterocycles. The normalized spacial score (nSPS) is 10.0. The topological polar surface area (TPSA) is 71.0 Å². The maximum atomic E-state index is 12.8. The number of nitrogens with zero attached hydrogens (tertiary/aromatic N) is 2. The summed E-state index contributed by atoms with van der Waals surface area (Å²) >= 11 is 10.8. The number of halogens is 2. The molecule has 0 aliphatic heterocycles. The zero-order chi connectivity index (χ0) is 15.4. The van der Waals surface area contributed by atoms with Gasteiger partial charge in [0.25, 0.3) is 5.91 Å². The number of hydrazine groups is 1. The standard InChI is InChI=1S/C12H11ClFN5OS/c1-19-6-9(13)10(18-19)11(20)16-17-12(21)15-8-4-2-7(14)3-5-8/h2-6H,1H3,(H,16,20)(H2,15,17,21). The van der Waals surface area contributed by atoms with E-state index in [0.29, 0.717) is 5.69 Å². The van der Waals surface area contributed by atoms with Gasteiger partial charge in [-0.15, -0.1) is 0 Å². The molecule has 0 atom stereocenters. The first-order valence-electron chi connectivity index (χ1n) is 5.78. The Morgan fingerprint density at radius 1 is 1.33 bits per heavy atom. The van der Waals surface area contributed by atoms with Crippen molar-refractivity contribution in [2.45, 2.75) is 0 Å². The Morgan fingerprint density at radius 3 is 2.57 bits per heavy atom. The molecule has 0 bridgehead atoms. The molecule has 3 N–H and O–H groups in total. The summed E-state index contributed by atoms with van der Waals surface area (Å²) in [4.78, 5) is 11.8. The number of amides is 1. The van der Waals surface area contributed by atoms with E-state index in [1.54, 1.807) is 7.05 Å². The van der Waals surface area contributed by atoms with Crippen LogP contribution in [0.5, 0.6) is 0 Å². The van der Waals surface area contributed by atoms with Crippen molar-refractivity contribution < 1.29 is 9.18 Å². The average Bonchev–Trinajstić information content (AvgIpc) is 2.78. The Hall–Kier alpha value is -2.19. The highest BCUT2D eigenvalue weighted by Gasteiger charge is 2.14. The molecule has 1 amide bonds. The quantitative estimate of drug-likeness (QED) is 0.580. The van der Waals surface area contributed by atoms with Gasteiger partial charge in [-0.05, 0) is 36.5 Å². The molecule has 110 valence electrons. The minimum atomic E-state index is -0.524. The summed E-state index contributed by atoms with van der Waals surface area (Å²) in [6.45, 7) is 0. The first-order valence-corrected chi connectivity index (χ1v) is 6.56. The number of aromatic nitrogens is 2. The van der Waals surface area contributed by atoms with Gasteiger partial charge in [-0.1, -0.05) is 11.6 Å². The molecule has 0 fully saturated rings. The van der Waals surface area contributed by atoms with Crippen molar-refractivity contribution in [1.29, 1.82) is 0 Å². The third-order valence-electron chi connectivity index (χ3n) is 2.39. The SMILES string of the molecule is Cn1cc(Cl)c(C(=O)NNC(=S)Nc2ccc(F)cc2)n1. The molecule has 21 heavy (non-hydrogen) atoms. The van der Waals surface area contributed by atoms with Crippen molar-refractivity contribution in [2.24, 2.45) is 7.05 Å². The van der Waals surface area contributed by atoms with Gasteiger partial charge in [0.05, 0.1) is 5.02 Å². The van der Waals surface area contributed by atoms with Gasteiger partial charge in [0, 0.05) is 18.9 Å². The summed E-state index contributed by atoms with van der Waals surface area (Å²) in [7, 11) is 1.65. The van der Waals surface area contributed by atoms with E-state index in [9.17, 15) is 9.18 Å². The second kappa shape index (κ2) is 6.51. The molecule has 9 heteroatoms. The molecule has 0 saturated carbocycles. The number of hydrogen-bond acceptors (Lipinski definition) is 3. The van der Waals surface area contributed by atoms with E-state index in [4.69, 9.17) is 23.8 Å². The van der Waals surface area contributed by atoms with Gasteiger partial charge in [0.2, 0.25) is 0 Å². The summed E-state index contributed by atoms with van der Waals surface area (Å²) in [5, 5.41) is 7.06. The molecule has 2 aromatic rings. The number of carbonyl (C=O) groups is 1. The van der Waals surface area contributed by atoms with Gasteiger partial charge in [-0.25, -0.2) is 4.39 Å².